The minimum absolute atomic E-state index is 0.0516. The SMILES string of the molecule is COc1cccc(CN2CC3(C[C@@H](Oc4cccnc4)CCO3)C2)c1. The molecule has 0 aliphatic carbocycles. The molecule has 3 heterocycles. The van der Waals surface area contributed by atoms with Crippen molar-refractivity contribution in [1.82, 2.24) is 9.88 Å². The lowest BCUT2D eigenvalue weighted by atomic mass is 9.84. The maximum atomic E-state index is 6.12. The van der Waals surface area contributed by atoms with Crippen molar-refractivity contribution in [2.75, 3.05) is 26.8 Å². The van der Waals surface area contributed by atoms with Crippen molar-refractivity contribution in [1.29, 1.82) is 0 Å². The van der Waals surface area contributed by atoms with Gasteiger partial charge in [-0.15, -0.1) is 0 Å². The second-order valence-electron chi connectivity index (χ2n) is 6.95. The van der Waals surface area contributed by atoms with Gasteiger partial charge in [-0.3, -0.25) is 9.88 Å². The van der Waals surface area contributed by atoms with Crippen molar-refractivity contribution < 1.29 is 14.2 Å². The number of rotatable bonds is 5. The van der Waals surface area contributed by atoms with E-state index in [4.69, 9.17) is 14.2 Å². The summed E-state index contributed by atoms with van der Waals surface area (Å²) in [6.45, 7) is 3.60. The Balaban J connectivity index is 1.32. The van der Waals surface area contributed by atoms with Crippen molar-refractivity contribution >= 4 is 0 Å². The highest BCUT2D eigenvalue weighted by atomic mass is 16.5. The van der Waals surface area contributed by atoms with Crippen LogP contribution in [0.3, 0.4) is 0 Å². The van der Waals surface area contributed by atoms with Crippen LogP contribution in [0.4, 0.5) is 0 Å². The monoisotopic (exact) mass is 340 g/mol. The first-order valence-corrected chi connectivity index (χ1v) is 8.81. The Labute approximate surface area is 148 Å². The van der Waals surface area contributed by atoms with E-state index < -0.39 is 0 Å². The van der Waals surface area contributed by atoms with Crippen LogP contribution in [0.25, 0.3) is 0 Å². The summed E-state index contributed by atoms with van der Waals surface area (Å²) in [4.78, 5) is 6.54. The Hall–Kier alpha value is -2.11. The third-order valence-electron chi connectivity index (χ3n) is 4.95. The van der Waals surface area contributed by atoms with E-state index in [0.717, 1.165) is 50.6 Å². The topological polar surface area (TPSA) is 43.8 Å². The molecule has 0 bridgehead atoms. The number of methoxy groups -OCH3 is 1. The Kier molecular flexibility index (Phi) is 4.59. The number of hydrogen-bond donors (Lipinski definition) is 0. The van der Waals surface area contributed by atoms with Gasteiger partial charge in [0.25, 0.3) is 0 Å². The van der Waals surface area contributed by atoms with Crippen LogP contribution in [0.15, 0.2) is 48.8 Å². The normalized spacial score (nSPS) is 22.4. The van der Waals surface area contributed by atoms with Gasteiger partial charge in [0.1, 0.15) is 17.6 Å². The Bertz CT molecular complexity index is 701. The van der Waals surface area contributed by atoms with Crippen molar-refractivity contribution in [2.24, 2.45) is 0 Å². The molecule has 2 aliphatic rings. The lowest BCUT2D eigenvalue weighted by Crippen LogP contribution is -2.65. The molecule has 5 heteroatoms. The predicted molar refractivity (Wildman–Crippen MR) is 94.8 cm³/mol. The molecule has 2 fully saturated rings. The Morgan fingerprint density at radius 2 is 2.12 bits per heavy atom. The first kappa shape index (κ1) is 16.4. The summed E-state index contributed by atoms with van der Waals surface area (Å²) in [5.41, 5.74) is 1.22. The van der Waals surface area contributed by atoms with Crippen molar-refractivity contribution in [3.63, 3.8) is 0 Å². The van der Waals surface area contributed by atoms with E-state index in [1.807, 2.05) is 24.3 Å². The fourth-order valence-electron chi connectivity index (χ4n) is 3.82. The van der Waals surface area contributed by atoms with Crippen molar-refractivity contribution in [3.05, 3.63) is 54.4 Å². The number of hydrogen-bond acceptors (Lipinski definition) is 5. The first-order valence-electron chi connectivity index (χ1n) is 8.81. The number of ether oxygens (including phenoxy) is 3. The summed E-state index contributed by atoms with van der Waals surface area (Å²) in [6.07, 6.45) is 5.62. The van der Waals surface area contributed by atoms with E-state index in [1.165, 1.54) is 5.56 Å². The van der Waals surface area contributed by atoms with E-state index in [9.17, 15) is 0 Å². The molecule has 0 amide bonds. The molecule has 2 aromatic rings. The fourth-order valence-corrected chi connectivity index (χ4v) is 3.82. The fraction of sp³-hybridized carbons (Fsp3) is 0.450. The van der Waals surface area contributed by atoms with Gasteiger partial charge in [0.05, 0.1) is 25.5 Å². The highest BCUT2D eigenvalue weighted by Gasteiger charge is 2.48. The van der Waals surface area contributed by atoms with Crippen LogP contribution in [0.5, 0.6) is 11.5 Å². The average molecular weight is 340 g/mol. The molecule has 0 unspecified atom stereocenters. The number of benzene rings is 1. The van der Waals surface area contributed by atoms with Crippen LogP contribution in [0.2, 0.25) is 0 Å². The van der Waals surface area contributed by atoms with Crippen LogP contribution in [0, 0.1) is 0 Å². The summed E-state index contributed by atoms with van der Waals surface area (Å²) in [5.74, 6) is 1.75. The van der Waals surface area contributed by atoms with Crippen LogP contribution >= 0.6 is 0 Å². The molecule has 2 aliphatic heterocycles. The quantitative estimate of drug-likeness (QED) is 0.837. The number of nitrogens with zero attached hydrogens (tertiary/aromatic N) is 2. The average Bonchev–Trinajstić information content (AvgIpc) is 2.62. The maximum absolute atomic E-state index is 6.12. The molecule has 132 valence electrons. The van der Waals surface area contributed by atoms with Gasteiger partial charge in [0.2, 0.25) is 0 Å². The molecular formula is C20H24N2O3. The lowest BCUT2D eigenvalue weighted by Gasteiger charge is -2.53. The largest absolute Gasteiger partial charge is 0.497 e. The summed E-state index contributed by atoms with van der Waals surface area (Å²) < 4.78 is 17.5. The molecular weight excluding hydrogens is 316 g/mol. The van der Waals surface area contributed by atoms with Gasteiger partial charge in [-0.25, -0.2) is 0 Å². The number of pyridine rings is 1. The van der Waals surface area contributed by atoms with Crippen molar-refractivity contribution in [2.45, 2.75) is 31.1 Å². The van der Waals surface area contributed by atoms with E-state index in [1.54, 1.807) is 19.5 Å². The molecule has 1 atom stereocenters. The molecule has 1 aromatic carbocycles. The molecule has 1 spiro atoms. The lowest BCUT2D eigenvalue weighted by molar-refractivity contribution is -0.188. The third-order valence-corrected chi connectivity index (χ3v) is 4.95. The van der Waals surface area contributed by atoms with E-state index in [2.05, 4.69) is 22.0 Å². The molecule has 4 rings (SSSR count). The summed E-state index contributed by atoms with van der Waals surface area (Å²) >= 11 is 0. The highest BCUT2D eigenvalue weighted by Crippen LogP contribution is 2.36. The maximum Gasteiger partial charge on any atom is 0.138 e. The Morgan fingerprint density at radius 3 is 2.92 bits per heavy atom. The zero-order valence-corrected chi connectivity index (χ0v) is 14.6. The smallest absolute Gasteiger partial charge is 0.138 e. The molecule has 25 heavy (non-hydrogen) atoms. The number of aromatic nitrogens is 1. The molecule has 0 N–H and O–H groups in total. The van der Waals surface area contributed by atoms with E-state index in [-0.39, 0.29) is 11.7 Å². The zero-order valence-electron chi connectivity index (χ0n) is 14.6. The van der Waals surface area contributed by atoms with E-state index in [0.29, 0.717) is 0 Å². The van der Waals surface area contributed by atoms with Crippen molar-refractivity contribution in [3.8, 4) is 11.5 Å². The molecule has 5 nitrogen and oxygen atoms in total. The highest BCUT2D eigenvalue weighted by molar-refractivity contribution is 5.28. The number of likely N-dealkylation sites (tertiary alicyclic amines) is 1. The molecule has 0 radical (unpaired) electrons. The third kappa shape index (κ3) is 3.78. The minimum atomic E-state index is -0.0516. The Morgan fingerprint density at radius 1 is 1.24 bits per heavy atom. The zero-order chi connectivity index (χ0) is 17.1. The van der Waals surface area contributed by atoms with Crippen LogP contribution in [-0.2, 0) is 11.3 Å². The van der Waals surface area contributed by atoms with Gasteiger partial charge < -0.3 is 14.2 Å². The van der Waals surface area contributed by atoms with Crippen LogP contribution in [-0.4, -0.2) is 48.4 Å². The van der Waals surface area contributed by atoms with Gasteiger partial charge in [-0.05, 0) is 29.8 Å². The van der Waals surface area contributed by atoms with Crippen LogP contribution < -0.4 is 9.47 Å². The van der Waals surface area contributed by atoms with Gasteiger partial charge in [-0.1, -0.05) is 12.1 Å². The predicted octanol–water partition coefficient (Wildman–Crippen LogP) is 2.90. The van der Waals surface area contributed by atoms with Gasteiger partial charge >= 0.3 is 0 Å². The van der Waals surface area contributed by atoms with Crippen LogP contribution in [0.1, 0.15) is 18.4 Å². The van der Waals surface area contributed by atoms with Gasteiger partial charge in [-0.2, -0.15) is 0 Å². The summed E-state index contributed by atoms with van der Waals surface area (Å²) in [6, 6.07) is 12.1. The van der Waals surface area contributed by atoms with E-state index >= 15 is 0 Å². The minimum Gasteiger partial charge on any atom is -0.497 e. The second-order valence-corrected chi connectivity index (χ2v) is 6.95. The summed E-state index contributed by atoms with van der Waals surface area (Å²) in [7, 11) is 1.70. The molecule has 1 aromatic heterocycles. The summed E-state index contributed by atoms with van der Waals surface area (Å²) in [5, 5.41) is 0. The first-order chi connectivity index (χ1) is 12.2. The molecule has 0 saturated carbocycles. The second kappa shape index (κ2) is 7.02. The standard InChI is InChI=1S/C20H24N2O3/c1-23-17-5-2-4-16(10-17)13-22-14-20(15-22)11-18(7-9-24-20)25-19-6-3-8-21-12-19/h2-6,8,10,12,18H,7,9,11,13-15H2,1H3/t18-/m0/s1. The molecule has 2 saturated heterocycles. The van der Waals surface area contributed by atoms with Gasteiger partial charge in [0, 0.05) is 38.7 Å². The van der Waals surface area contributed by atoms with Gasteiger partial charge in [0.15, 0.2) is 0 Å².